The molecule has 0 spiro atoms. The second-order valence-corrected chi connectivity index (χ2v) is 6.09. The van der Waals surface area contributed by atoms with Gasteiger partial charge in [0.1, 0.15) is 5.60 Å². The molecule has 0 rings (SSSR count). The third-order valence-electron chi connectivity index (χ3n) is 3.14. The van der Waals surface area contributed by atoms with Crippen LogP contribution in [0.25, 0.3) is 0 Å². The Morgan fingerprint density at radius 2 is 2.00 bits per heavy atom. The van der Waals surface area contributed by atoms with Crippen LogP contribution in [0.3, 0.4) is 0 Å². The molecule has 5 heteroatoms. The van der Waals surface area contributed by atoms with Gasteiger partial charge < -0.3 is 15.8 Å². The van der Waals surface area contributed by atoms with Crippen molar-refractivity contribution in [2.75, 3.05) is 26.2 Å². The molecule has 1 atom stereocenters. The van der Waals surface area contributed by atoms with Gasteiger partial charge in [-0.3, -0.25) is 4.90 Å². The summed E-state index contributed by atoms with van der Waals surface area (Å²) in [6.45, 7) is 13.2. The van der Waals surface area contributed by atoms with Gasteiger partial charge in [-0.2, -0.15) is 0 Å². The number of unbranched alkanes of at least 4 members (excludes halogenated alkanes) is 1. The van der Waals surface area contributed by atoms with Gasteiger partial charge in [0.2, 0.25) is 0 Å². The maximum atomic E-state index is 11.6. The highest BCUT2D eigenvalue weighted by Crippen LogP contribution is 2.07. The Kier molecular flexibility index (Phi) is 9.59. The normalized spacial score (nSPS) is 13.3. The van der Waals surface area contributed by atoms with Gasteiger partial charge in [0.25, 0.3) is 0 Å². The minimum absolute atomic E-state index is 0.321. The number of alkyl carbamates (subject to hydrolysis) is 1. The number of nitrogens with two attached hydrogens (primary N) is 1. The fraction of sp³-hybridized carbons (Fsp3) is 0.933. The molecule has 0 bridgehead atoms. The van der Waals surface area contributed by atoms with E-state index in [0.717, 1.165) is 19.5 Å². The lowest BCUT2D eigenvalue weighted by Gasteiger charge is -2.30. The maximum Gasteiger partial charge on any atom is 0.407 e. The molecule has 0 heterocycles. The van der Waals surface area contributed by atoms with Crippen molar-refractivity contribution in [2.45, 2.75) is 65.5 Å². The van der Waals surface area contributed by atoms with Crippen LogP contribution < -0.4 is 11.1 Å². The number of ether oxygens (including phenoxy) is 1. The number of hydrogen-bond donors (Lipinski definition) is 2. The minimum atomic E-state index is -0.450. The van der Waals surface area contributed by atoms with Crippen molar-refractivity contribution in [3.63, 3.8) is 0 Å². The molecule has 0 aliphatic heterocycles. The lowest BCUT2D eigenvalue weighted by Crippen LogP contribution is -2.43. The first-order valence-electron chi connectivity index (χ1n) is 7.75. The standard InChI is InChI=1S/C15H33N3O2/c1-6-8-11-18(7-2)13(12-16)9-10-17-14(19)20-15(3,4)5/h13H,6-12,16H2,1-5H3,(H,17,19). The van der Waals surface area contributed by atoms with Crippen LogP contribution in [0, 0.1) is 0 Å². The summed E-state index contributed by atoms with van der Waals surface area (Å²) in [6.07, 6.45) is 2.87. The Morgan fingerprint density at radius 3 is 2.45 bits per heavy atom. The number of nitrogens with zero attached hydrogens (tertiary/aromatic N) is 1. The lowest BCUT2D eigenvalue weighted by atomic mass is 10.1. The van der Waals surface area contributed by atoms with E-state index in [0.29, 0.717) is 19.1 Å². The summed E-state index contributed by atoms with van der Waals surface area (Å²) in [7, 11) is 0. The molecule has 0 fully saturated rings. The Balaban J connectivity index is 4.08. The van der Waals surface area contributed by atoms with Gasteiger partial charge >= 0.3 is 6.09 Å². The second-order valence-electron chi connectivity index (χ2n) is 6.09. The number of likely N-dealkylation sites (N-methyl/N-ethyl adjacent to an activating group) is 1. The van der Waals surface area contributed by atoms with E-state index in [4.69, 9.17) is 10.5 Å². The monoisotopic (exact) mass is 287 g/mol. The van der Waals surface area contributed by atoms with E-state index in [1.807, 2.05) is 20.8 Å². The van der Waals surface area contributed by atoms with Crippen LogP contribution in [0.15, 0.2) is 0 Å². The number of hydrogen-bond acceptors (Lipinski definition) is 4. The van der Waals surface area contributed by atoms with Gasteiger partial charge in [-0.25, -0.2) is 4.79 Å². The van der Waals surface area contributed by atoms with Crippen molar-refractivity contribution in [3.8, 4) is 0 Å². The van der Waals surface area contributed by atoms with Crippen molar-refractivity contribution >= 4 is 6.09 Å². The summed E-state index contributed by atoms with van der Waals surface area (Å²) in [4.78, 5) is 14.0. The quantitative estimate of drug-likeness (QED) is 0.683. The number of carbonyl (C=O) groups excluding carboxylic acids is 1. The minimum Gasteiger partial charge on any atom is -0.444 e. The average molecular weight is 287 g/mol. The second kappa shape index (κ2) is 10.00. The molecular weight excluding hydrogens is 254 g/mol. The van der Waals surface area contributed by atoms with Crippen molar-refractivity contribution < 1.29 is 9.53 Å². The molecule has 0 aromatic rings. The number of nitrogens with one attached hydrogen (secondary N) is 1. The summed E-state index contributed by atoms with van der Waals surface area (Å²) >= 11 is 0. The molecule has 5 nitrogen and oxygen atoms in total. The topological polar surface area (TPSA) is 67.6 Å². The molecule has 0 aliphatic carbocycles. The van der Waals surface area contributed by atoms with Gasteiger partial charge in [-0.05, 0) is 46.7 Å². The van der Waals surface area contributed by atoms with Crippen LogP contribution in [0.5, 0.6) is 0 Å². The molecule has 0 aliphatic rings. The van der Waals surface area contributed by atoms with Gasteiger partial charge in [0, 0.05) is 19.1 Å². The third-order valence-corrected chi connectivity index (χ3v) is 3.14. The zero-order chi connectivity index (χ0) is 15.6. The van der Waals surface area contributed by atoms with Crippen LogP contribution in [-0.4, -0.2) is 48.8 Å². The van der Waals surface area contributed by atoms with Gasteiger partial charge in [0.05, 0.1) is 0 Å². The highest BCUT2D eigenvalue weighted by Gasteiger charge is 2.18. The third kappa shape index (κ3) is 9.15. The lowest BCUT2D eigenvalue weighted by molar-refractivity contribution is 0.0522. The predicted octanol–water partition coefficient (Wildman–Crippen LogP) is 2.35. The van der Waals surface area contributed by atoms with Gasteiger partial charge in [-0.15, -0.1) is 0 Å². The summed E-state index contributed by atoms with van der Waals surface area (Å²) in [5.41, 5.74) is 5.40. The smallest absolute Gasteiger partial charge is 0.407 e. The molecule has 20 heavy (non-hydrogen) atoms. The molecule has 3 N–H and O–H groups in total. The molecule has 0 saturated heterocycles. The van der Waals surface area contributed by atoms with E-state index in [1.54, 1.807) is 0 Å². The number of amides is 1. The Bertz CT molecular complexity index is 264. The average Bonchev–Trinajstić information content (AvgIpc) is 2.35. The molecule has 1 amide bonds. The van der Waals surface area contributed by atoms with Crippen LogP contribution in [-0.2, 0) is 4.74 Å². The van der Waals surface area contributed by atoms with Crippen LogP contribution in [0.2, 0.25) is 0 Å². The number of rotatable bonds is 9. The first-order chi connectivity index (χ1) is 9.34. The molecule has 0 aromatic heterocycles. The fourth-order valence-corrected chi connectivity index (χ4v) is 2.06. The predicted molar refractivity (Wildman–Crippen MR) is 83.9 cm³/mol. The molecular formula is C15H33N3O2. The zero-order valence-corrected chi connectivity index (χ0v) is 13.9. The molecule has 0 radical (unpaired) electrons. The number of carbonyl (C=O) groups is 1. The SMILES string of the molecule is CCCCN(CC)C(CN)CCNC(=O)OC(C)(C)C. The zero-order valence-electron chi connectivity index (χ0n) is 13.9. The molecule has 0 saturated carbocycles. The summed E-state index contributed by atoms with van der Waals surface area (Å²) in [5, 5.41) is 2.80. The Hall–Kier alpha value is -0.810. The largest absolute Gasteiger partial charge is 0.444 e. The van der Waals surface area contributed by atoms with E-state index >= 15 is 0 Å². The van der Waals surface area contributed by atoms with E-state index in [2.05, 4.69) is 24.1 Å². The van der Waals surface area contributed by atoms with Crippen molar-refractivity contribution in [2.24, 2.45) is 5.73 Å². The molecule has 120 valence electrons. The van der Waals surface area contributed by atoms with Crippen molar-refractivity contribution in [3.05, 3.63) is 0 Å². The van der Waals surface area contributed by atoms with E-state index in [-0.39, 0.29) is 6.09 Å². The Labute approximate surface area is 124 Å². The summed E-state index contributed by atoms with van der Waals surface area (Å²) in [5.74, 6) is 0. The maximum absolute atomic E-state index is 11.6. The summed E-state index contributed by atoms with van der Waals surface area (Å²) in [6, 6.07) is 0.321. The van der Waals surface area contributed by atoms with Crippen molar-refractivity contribution in [1.82, 2.24) is 10.2 Å². The highest BCUT2D eigenvalue weighted by atomic mass is 16.6. The van der Waals surface area contributed by atoms with Gasteiger partial charge in [0.15, 0.2) is 0 Å². The molecule has 1 unspecified atom stereocenters. The van der Waals surface area contributed by atoms with Crippen LogP contribution in [0.1, 0.15) is 53.9 Å². The van der Waals surface area contributed by atoms with E-state index in [1.165, 1.54) is 12.8 Å². The van der Waals surface area contributed by atoms with Gasteiger partial charge in [-0.1, -0.05) is 20.3 Å². The Morgan fingerprint density at radius 1 is 1.35 bits per heavy atom. The van der Waals surface area contributed by atoms with E-state index in [9.17, 15) is 4.79 Å². The molecule has 0 aromatic carbocycles. The first kappa shape index (κ1) is 19.2. The fourth-order valence-electron chi connectivity index (χ4n) is 2.06. The van der Waals surface area contributed by atoms with Crippen LogP contribution >= 0.6 is 0 Å². The van der Waals surface area contributed by atoms with Crippen molar-refractivity contribution in [1.29, 1.82) is 0 Å². The summed E-state index contributed by atoms with van der Waals surface area (Å²) < 4.78 is 5.21. The first-order valence-corrected chi connectivity index (χ1v) is 7.75. The highest BCUT2D eigenvalue weighted by molar-refractivity contribution is 5.67. The van der Waals surface area contributed by atoms with E-state index < -0.39 is 5.60 Å². The van der Waals surface area contributed by atoms with Crippen LogP contribution in [0.4, 0.5) is 4.79 Å².